The average Bonchev–Trinajstić information content (AvgIpc) is 2.27. The SMILES string of the molecule is COC(C(NN)c1cc(F)ccc1F)C(C)(C)C. The van der Waals surface area contributed by atoms with Crippen LogP contribution < -0.4 is 11.3 Å². The van der Waals surface area contributed by atoms with E-state index in [0.717, 1.165) is 18.2 Å². The fourth-order valence-corrected chi connectivity index (χ4v) is 2.08. The van der Waals surface area contributed by atoms with E-state index in [1.807, 2.05) is 20.8 Å². The highest BCUT2D eigenvalue weighted by Crippen LogP contribution is 2.33. The van der Waals surface area contributed by atoms with Crippen LogP contribution in [0.1, 0.15) is 32.4 Å². The van der Waals surface area contributed by atoms with Gasteiger partial charge < -0.3 is 4.74 Å². The van der Waals surface area contributed by atoms with Gasteiger partial charge in [0.05, 0.1) is 12.1 Å². The summed E-state index contributed by atoms with van der Waals surface area (Å²) in [7, 11) is 1.53. The average molecular weight is 258 g/mol. The molecule has 0 spiro atoms. The maximum Gasteiger partial charge on any atom is 0.128 e. The molecule has 2 unspecified atom stereocenters. The van der Waals surface area contributed by atoms with Crippen molar-refractivity contribution in [1.82, 2.24) is 5.43 Å². The number of hydrazine groups is 1. The zero-order chi connectivity index (χ0) is 13.9. The van der Waals surface area contributed by atoms with Crippen LogP contribution >= 0.6 is 0 Å². The Morgan fingerprint density at radius 1 is 1.28 bits per heavy atom. The summed E-state index contributed by atoms with van der Waals surface area (Å²) in [6.07, 6.45) is -0.390. The van der Waals surface area contributed by atoms with Crippen molar-refractivity contribution in [3.63, 3.8) is 0 Å². The van der Waals surface area contributed by atoms with Crippen LogP contribution in [0.2, 0.25) is 0 Å². The van der Waals surface area contributed by atoms with Crippen molar-refractivity contribution in [1.29, 1.82) is 0 Å². The summed E-state index contributed by atoms with van der Waals surface area (Å²) in [6, 6.07) is 2.68. The van der Waals surface area contributed by atoms with Crippen LogP contribution in [-0.4, -0.2) is 13.2 Å². The molecule has 0 aliphatic heterocycles. The zero-order valence-corrected chi connectivity index (χ0v) is 11.1. The maximum absolute atomic E-state index is 13.8. The summed E-state index contributed by atoms with van der Waals surface area (Å²) >= 11 is 0. The van der Waals surface area contributed by atoms with Crippen molar-refractivity contribution in [3.8, 4) is 0 Å². The van der Waals surface area contributed by atoms with Crippen molar-refractivity contribution < 1.29 is 13.5 Å². The molecule has 1 aromatic carbocycles. The Bertz CT molecular complexity index is 404. The Labute approximate surface area is 106 Å². The topological polar surface area (TPSA) is 47.3 Å². The summed E-state index contributed by atoms with van der Waals surface area (Å²) in [4.78, 5) is 0. The summed E-state index contributed by atoms with van der Waals surface area (Å²) in [5, 5.41) is 0. The summed E-state index contributed by atoms with van der Waals surface area (Å²) < 4.78 is 32.4. The highest BCUT2D eigenvalue weighted by Gasteiger charge is 2.34. The molecule has 0 aliphatic carbocycles. The first-order valence-corrected chi connectivity index (χ1v) is 5.75. The largest absolute Gasteiger partial charge is 0.379 e. The van der Waals surface area contributed by atoms with Gasteiger partial charge in [-0.05, 0) is 23.6 Å². The second-order valence-corrected chi connectivity index (χ2v) is 5.33. The van der Waals surface area contributed by atoms with Gasteiger partial charge in [-0.15, -0.1) is 0 Å². The van der Waals surface area contributed by atoms with Gasteiger partial charge in [0.25, 0.3) is 0 Å². The molecular formula is C13H20F2N2O. The first kappa shape index (κ1) is 15.0. The van der Waals surface area contributed by atoms with Crippen LogP contribution in [0.15, 0.2) is 18.2 Å². The minimum Gasteiger partial charge on any atom is -0.379 e. The van der Waals surface area contributed by atoms with Crippen molar-refractivity contribution in [2.24, 2.45) is 11.3 Å². The first-order chi connectivity index (χ1) is 8.31. The Morgan fingerprint density at radius 2 is 1.89 bits per heavy atom. The molecule has 0 aromatic heterocycles. The molecule has 0 heterocycles. The number of nitrogens with two attached hydrogens (primary N) is 1. The molecule has 0 saturated heterocycles. The number of nitrogens with one attached hydrogen (secondary N) is 1. The number of benzene rings is 1. The zero-order valence-electron chi connectivity index (χ0n) is 11.1. The molecular weight excluding hydrogens is 238 g/mol. The molecule has 0 fully saturated rings. The Morgan fingerprint density at radius 3 is 2.33 bits per heavy atom. The number of hydrogen-bond acceptors (Lipinski definition) is 3. The van der Waals surface area contributed by atoms with E-state index in [0.29, 0.717) is 0 Å². The van der Waals surface area contributed by atoms with Gasteiger partial charge in [0.15, 0.2) is 0 Å². The van der Waals surface area contributed by atoms with E-state index in [2.05, 4.69) is 5.43 Å². The lowest BCUT2D eigenvalue weighted by Crippen LogP contribution is -2.44. The van der Waals surface area contributed by atoms with Crippen LogP contribution in [0.5, 0.6) is 0 Å². The number of ether oxygens (including phenoxy) is 1. The third kappa shape index (κ3) is 3.25. The van der Waals surface area contributed by atoms with Gasteiger partial charge in [-0.25, -0.2) is 8.78 Å². The molecule has 0 radical (unpaired) electrons. The molecule has 102 valence electrons. The van der Waals surface area contributed by atoms with Crippen molar-refractivity contribution in [3.05, 3.63) is 35.4 Å². The standard InChI is InChI=1S/C13H20F2N2O/c1-13(2,3)12(18-4)11(17-16)9-7-8(14)5-6-10(9)15/h5-7,11-12,17H,16H2,1-4H3. The summed E-state index contributed by atoms with van der Waals surface area (Å²) in [6.45, 7) is 5.84. The minimum absolute atomic E-state index is 0.166. The fraction of sp³-hybridized carbons (Fsp3) is 0.538. The molecule has 0 saturated carbocycles. The third-order valence-corrected chi connectivity index (χ3v) is 2.88. The molecule has 5 heteroatoms. The van der Waals surface area contributed by atoms with Gasteiger partial charge in [0.2, 0.25) is 0 Å². The number of hydrogen-bond donors (Lipinski definition) is 2. The van der Waals surface area contributed by atoms with E-state index in [1.165, 1.54) is 7.11 Å². The number of methoxy groups -OCH3 is 1. The third-order valence-electron chi connectivity index (χ3n) is 2.88. The lowest BCUT2D eigenvalue weighted by molar-refractivity contribution is -0.0128. The molecule has 3 N–H and O–H groups in total. The molecule has 18 heavy (non-hydrogen) atoms. The predicted molar refractivity (Wildman–Crippen MR) is 66.7 cm³/mol. The minimum atomic E-state index is -0.620. The van der Waals surface area contributed by atoms with E-state index < -0.39 is 23.8 Å². The molecule has 0 amide bonds. The van der Waals surface area contributed by atoms with Crippen molar-refractivity contribution in [2.45, 2.75) is 32.9 Å². The number of rotatable bonds is 4. The van der Waals surface area contributed by atoms with Gasteiger partial charge in [-0.2, -0.15) is 0 Å². The first-order valence-electron chi connectivity index (χ1n) is 5.75. The molecule has 0 bridgehead atoms. The Kier molecular flexibility index (Phi) is 4.78. The van der Waals surface area contributed by atoms with E-state index >= 15 is 0 Å². The molecule has 1 aromatic rings. The predicted octanol–water partition coefficient (Wildman–Crippen LogP) is 2.53. The second-order valence-electron chi connectivity index (χ2n) is 5.33. The lowest BCUT2D eigenvalue weighted by atomic mass is 9.82. The highest BCUT2D eigenvalue weighted by molar-refractivity contribution is 5.24. The van der Waals surface area contributed by atoms with E-state index in [9.17, 15) is 8.78 Å². The van der Waals surface area contributed by atoms with E-state index in [1.54, 1.807) is 0 Å². The van der Waals surface area contributed by atoms with E-state index in [-0.39, 0.29) is 11.0 Å². The van der Waals surface area contributed by atoms with Crippen molar-refractivity contribution in [2.75, 3.05) is 7.11 Å². The van der Waals surface area contributed by atoms with Gasteiger partial charge in [0, 0.05) is 12.7 Å². The molecule has 2 atom stereocenters. The quantitative estimate of drug-likeness (QED) is 0.644. The summed E-state index contributed by atoms with van der Waals surface area (Å²) in [5.41, 5.74) is 2.41. The van der Waals surface area contributed by atoms with Crippen molar-refractivity contribution >= 4 is 0 Å². The van der Waals surface area contributed by atoms with Crippen LogP contribution in [0.25, 0.3) is 0 Å². The number of halogens is 2. The Balaban J connectivity index is 3.19. The molecule has 0 aliphatic rings. The van der Waals surface area contributed by atoms with E-state index in [4.69, 9.17) is 10.6 Å². The van der Waals surface area contributed by atoms with Crippen LogP contribution in [0.3, 0.4) is 0 Å². The van der Waals surface area contributed by atoms with Crippen LogP contribution in [0.4, 0.5) is 8.78 Å². The van der Waals surface area contributed by atoms with Crippen LogP contribution in [-0.2, 0) is 4.74 Å². The lowest BCUT2D eigenvalue weighted by Gasteiger charge is -2.35. The molecule has 3 nitrogen and oxygen atoms in total. The Hall–Kier alpha value is -1.04. The van der Waals surface area contributed by atoms with Gasteiger partial charge in [-0.3, -0.25) is 11.3 Å². The maximum atomic E-state index is 13.8. The van der Waals surface area contributed by atoms with Gasteiger partial charge >= 0.3 is 0 Å². The smallest absolute Gasteiger partial charge is 0.128 e. The fourth-order valence-electron chi connectivity index (χ4n) is 2.08. The molecule has 1 rings (SSSR count). The normalized spacial score (nSPS) is 15.5. The van der Waals surface area contributed by atoms with Gasteiger partial charge in [0.1, 0.15) is 11.6 Å². The van der Waals surface area contributed by atoms with Gasteiger partial charge in [-0.1, -0.05) is 20.8 Å². The highest BCUT2D eigenvalue weighted by atomic mass is 19.1. The van der Waals surface area contributed by atoms with Crippen LogP contribution in [0, 0.1) is 17.0 Å². The monoisotopic (exact) mass is 258 g/mol. The summed E-state index contributed by atoms with van der Waals surface area (Å²) in [5.74, 6) is 4.46. The second kappa shape index (κ2) is 5.73.